The number of nitrogens with zero attached hydrogens (tertiary/aromatic N) is 3. The van der Waals surface area contributed by atoms with Crippen LogP contribution in [0.25, 0.3) is 0 Å². The lowest BCUT2D eigenvalue weighted by Crippen LogP contribution is -2.29. The van der Waals surface area contributed by atoms with Crippen LogP contribution in [0.4, 0.5) is 5.69 Å². The Morgan fingerprint density at radius 3 is 2.56 bits per heavy atom. The van der Waals surface area contributed by atoms with Crippen molar-refractivity contribution < 1.29 is 4.92 Å². The molecule has 1 aliphatic heterocycles. The number of rotatable bonds is 4. The molecule has 0 fully saturated rings. The number of nitro benzene ring substituents is 1. The maximum Gasteiger partial charge on any atom is 0.269 e. The van der Waals surface area contributed by atoms with Crippen LogP contribution in [0.2, 0.25) is 5.02 Å². The quantitative estimate of drug-likeness (QED) is 0.469. The van der Waals surface area contributed by atoms with Crippen LogP contribution in [-0.4, -0.2) is 20.9 Å². The lowest BCUT2D eigenvalue weighted by Gasteiger charge is -2.31. The van der Waals surface area contributed by atoms with E-state index in [-0.39, 0.29) is 16.7 Å². The molecule has 0 aliphatic carbocycles. The molecule has 4 rings (SSSR count). The number of halogens is 1. The molecular formula is C21H20ClN3O2. The van der Waals surface area contributed by atoms with Gasteiger partial charge in [-0.1, -0.05) is 41.9 Å². The van der Waals surface area contributed by atoms with Crippen LogP contribution in [0, 0.1) is 10.1 Å². The van der Waals surface area contributed by atoms with E-state index in [1.807, 2.05) is 30.3 Å². The molecule has 5 nitrogen and oxygen atoms in total. The van der Waals surface area contributed by atoms with E-state index in [0.29, 0.717) is 0 Å². The summed E-state index contributed by atoms with van der Waals surface area (Å²) in [4.78, 5) is 13.1. The maximum atomic E-state index is 11.0. The fraction of sp³-hybridized carbons (Fsp3) is 0.238. The van der Waals surface area contributed by atoms with Gasteiger partial charge in [-0.05, 0) is 35.7 Å². The third-order valence-electron chi connectivity index (χ3n) is 5.11. The molecule has 0 amide bonds. The van der Waals surface area contributed by atoms with Crippen LogP contribution in [0.1, 0.15) is 29.3 Å². The molecule has 3 aromatic rings. The third kappa shape index (κ3) is 3.61. The van der Waals surface area contributed by atoms with E-state index in [4.69, 9.17) is 11.6 Å². The monoisotopic (exact) mass is 381 g/mol. The van der Waals surface area contributed by atoms with E-state index in [1.165, 1.54) is 5.69 Å². The van der Waals surface area contributed by atoms with Crippen molar-refractivity contribution in [1.29, 1.82) is 0 Å². The molecule has 0 saturated heterocycles. The zero-order chi connectivity index (χ0) is 18.8. The first-order valence-corrected chi connectivity index (χ1v) is 9.38. The summed E-state index contributed by atoms with van der Waals surface area (Å²) in [5.74, 6) is 0. The molecule has 0 radical (unpaired) electrons. The molecule has 6 heteroatoms. The number of hydrogen-bond donors (Lipinski definition) is 0. The van der Waals surface area contributed by atoms with Gasteiger partial charge in [0.15, 0.2) is 0 Å². The summed E-state index contributed by atoms with van der Waals surface area (Å²) in [6.45, 7) is 2.62. The molecule has 2 aromatic carbocycles. The van der Waals surface area contributed by atoms with E-state index in [1.54, 1.807) is 12.1 Å². The Bertz CT molecular complexity index is 952. The van der Waals surface area contributed by atoms with Crippen molar-refractivity contribution in [3.63, 3.8) is 0 Å². The fourth-order valence-corrected chi connectivity index (χ4v) is 4.01. The molecule has 0 bridgehead atoms. The van der Waals surface area contributed by atoms with Crippen molar-refractivity contribution in [3.05, 3.63) is 98.8 Å². The SMILES string of the molecule is O=[N+]([O-])c1ccc(C2c3cccn3CCCN2Cc2ccccc2Cl)cc1. The first-order valence-electron chi connectivity index (χ1n) is 9.00. The van der Waals surface area contributed by atoms with Crippen molar-refractivity contribution in [2.24, 2.45) is 0 Å². The molecular weight excluding hydrogens is 362 g/mol. The Morgan fingerprint density at radius 2 is 1.81 bits per heavy atom. The topological polar surface area (TPSA) is 51.3 Å². The van der Waals surface area contributed by atoms with Gasteiger partial charge in [-0.25, -0.2) is 0 Å². The van der Waals surface area contributed by atoms with Crippen molar-refractivity contribution in [2.45, 2.75) is 25.6 Å². The Balaban J connectivity index is 1.74. The maximum absolute atomic E-state index is 11.0. The number of aromatic nitrogens is 1. The van der Waals surface area contributed by atoms with Crippen molar-refractivity contribution in [1.82, 2.24) is 9.47 Å². The van der Waals surface area contributed by atoms with Gasteiger partial charge in [0.05, 0.1) is 11.0 Å². The van der Waals surface area contributed by atoms with Crippen LogP contribution in [0.3, 0.4) is 0 Å². The van der Waals surface area contributed by atoms with Gasteiger partial charge in [-0.3, -0.25) is 15.0 Å². The molecule has 2 heterocycles. The highest BCUT2D eigenvalue weighted by Gasteiger charge is 2.28. The Morgan fingerprint density at radius 1 is 1.04 bits per heavy atom. The van der Waals surface area contributed by atoms with Crippen molar-refractivity contribution in [2.75, 3.05) is 6.54 Å². The summed E-state index contributed by atoms with van der Waals surface area (Å²) in [6.07, 6.45) is 3.14. The van der Waals surface area contributed by atoms with Gasteiger partial charge >= 0.3 is 0 Å². The summed E-state index contributed by atoms with van der Waals surface area (Å²) >= 11 is 6.41. The summed E-state index contributed by atoms with van der Waals surface area (Å²) in [7, 11) is 0. The normalized spacial score (nSPS) is 17.3. The van der Waals surface area contributed by atoms with Crippen LogP contribution in [0.5, 0.6) is 0 Å². The standard InChI is InChI=1S/C21H20ClN3O2/c22-19-6-2-1-5-17(19)15-24-14-4-13-23-12-3-7-20(23)21(24)16-8-10-18(11-9-16)25(26)27/h1-3,5-12,21H,4,13-15H2. The second kappa shape index (κ2) is 7.55. The predicted molar refractivity (Wildman–Crippen MR) is 106 cm³/mol. The highest BCUT2D eigenvalue weighted by Crippen LogP contribution is 2.34. The van der Waals surface area contributed by atoms with Crippen LogP contribution >= 0.6 is 11.6 Å². The van der Waals surface area contributed by atoms with Gasteiger partial charge in [-0.15, -0.1) is 0 Å². The zero-order valence-corrected chi connectivity index (χ0v) is 15.5. The molecule has 1 aromatic heterocycles. The zero-order valence-electron chi connectivity index (χ0n) is 14.8. The average molecular weight is 382 g/mol. The van der Waals surface area contributed by atoms with E-state index in [0.717, 1.165) is 42.2 Å². The third-order valence-corrected chi connectivity index (χ3v) is 5.47. The lowest BCUT2D eigenvalue weighted by molar-refractivity contribution is -0.384. The number of non-ortho nitro benzene ring substituents is 1. The minimum atomic E-state index is -0.360. The van der Waals surface area contributed by atoms with E-state index in [9.17, 15) is 10.1 Å². The Kier molecular flexibility index (Phi) is 4.97. The Hall–Kier alpha value is -2.63. The number of nitro groups is 1. The number of aryl methyl sites for hydroxylation is 1. The number of benzene rings is 2. The summed E-state index contributed by atoms with van der Waals surface area (Å²) < 4.78 is 2.28. The van der Waals surface area contributed by atoms with Gasteiger partial charge < -0.3 is 4.57 Å². The number of fused-ring (bicyclic) bond motifs is 1. The second-order valence-electron chi connectivity index (χ2n) is 6.79. The first kappa shape index (κ1) is 17.8. The molecule has 0 saturated carbocycles. The second-order valence-corrected chi connectivity index (χ2v) is 7.20. The van der Waals surface area contributed by atoms with E-state index >= 15 is 0 Å². The molecule has 1 unspecified atom stereocenters. The van der Waals surface area contributed by atoms with Gasteiger partial charge in [0.25, 0.3) is 5.69 Å². The van der Waals surface area contributed by atoms with E-state index < -0.39 is 0 Å². The first-order chi connectivity index (χ1) is 13.1. The average Bonchev–Trinajstić information content (AvgIpc) is 3.05. The summed E-state index contributed by atoms with van der Waals surface area (Å²) in [5.41, 5.74) is 3.45. The van der Waals surface area contributed by atoms with Gasteiger partial charge in [0.2, 0.25) is 0 Å². The van der Waals surface area contributed by atoms with E-state index in [2.05, 4.69) is 33.9 Å². The minimum absolute atomic E-state index is 0.0274. The molecule has 138 valence electrons. The van der Waals surface area contributed by atoms with Gasteiger partial charge in [0, 0.05) is 48.7 Å². The minimum Gasteiger partial charge on any atom is -0.350 e. The fourth-order valence-electron chi connectivity index (χ4n) is 3.82. The molecule has 0 N–H and O–H groups in total. The van der Waals surface area contributed by atoms with Crippen LogP contribution in [0.15, 0.2) is 66.9 Å². The summed E-state index contributed by atoms with van der Waals surface area (Å²) in [5, 5.41) is 11.8. The van der Waals surface area contributed by atoms with Crippen molar-refractivity contribution in [3.8, 4) is 0 Å². The number of hydrogen-bond acceptors (Lipinski definition) is 3. The molecule has 0 spiro atoms. The summed E-state index contributed by atoms with van der Waals surface area (Å²) in [6, 6.07) is 19.0. The lowest BCUT2D eigenvalue weighted by atomic mass is 10.0. The molecule has 1 aliphatic rings. The largest absolute Gasteiger partial charge is 0.350 e. The highest BCUT2D eigenvalue weighted by molar-refractivity contribution is 6.31. The highest BCUT2D eigenvalue weighted by atomic mass is 35.5. The smallest absolute Gasteiger partial charge is 0.269 e. The molecule has 27 heavy (non-hydrogen) atoms. The van der Waals surface area contributed by atoms with Crippen LogP contribution in [-0.2, 0) is 13.1 Å². The van der Waals surface area contributed by atoms with Crippen LogP contribution < -0.4 is 0 Å². The van der Waals surface area contributed by atoms with Crippen molar-refractivity contribution >= 4 is 17.3 Å². The predicted octanol–water partition coefficient (Wildman–Crippen LogP) is 5.05. The Labute approximate surface area is 162 Å². The van der Waals surface area contributed by atoms with Gasteiger partial charge in [0.1, 0.15) is 0 Å². The van der Waals surface area contributed by atoms with Gasteiger partial charge in [-0.2, -0.15) is 0 Å². The molecule has 1 atom stereocenters.